The summed E-state index contributed by atoms with van der Waals surface area (Å²) in [4.78, 5) is 10.9. The Bertz CT molecular complexity index is 706. The van der Waals surface area contributed by atoms with E-state index in [9.17, 15) is 9.90 Å². The summed E-state index contributed by atoms with van der Waals surface area (Å²) in [5, 5.41) is 28.3. The molecule has 0 spiro atoms. The first-order valence-electron chi connectivity index (χ1n) is 4.76. The van der Waals surface area contributed by atoms with E-state index in [1.165, 1.54) is 12.1 Å². The normalized spacial score (nSPS) is 9.53. The van der Waals surface area contributed by atoms with Gasteiger partial charge in [0.2, 0.25) is 0 Å². The molecule has 0 radical (unpaired) electrons. The van der Waals surface area contributed by atoms with Gasteiger partial charge in [-0.05, 0) is 23.6 Å². The largest absolute Gasteiger partial charge is 0.506 e. The molecular weight excluding hydrogens is 216 g/mol. The topological polar surface area (TPSA) is 84.9 Å². The quantitative estimate of drug-likeness (QED) is 0.748. The highest BCUT2D eigenvalue weighted by molar-refractivity contribution is 6.02. The highest BCUT2D eigenvalue weighted by Crippen LogP contribution is 2.31. The SMILES string of the molecule is N#Cc1ccc2c(C=O)cc(C#N)c(O)c2c1. The number of hydrogen-bond donors (Lipinski definition) is 1. The minimum absolute atomic E-state index is 0.0229. The Morgan fingerprint density at radius 3 is 2.47 bits per heavy atom. The zero-order valence-corrected chi connectivity index (χ0v) is 8.64. The van der Waals surface area contributed by atoms with Crippen LogP contribution in [0.3, 0.4) is 0 Å². The lowest BCUT2D eigenvalue weighted by Gasteiger charge is -2.05. The fraction of sp³-hybridized carbons (Fsp3) is 0. The summed E-state index contributed by atoms with van der Waals surface area (Å²) in [5.74, 6) is -0.204. The molecule has 0 atom stereocenters. The maximum atomic E-state index is 10.9. The second kappa shape index (κ2) is 3.96. The van der Waals surface area contributed by atoms with Crippen LogP contribution in [0.1, 0.15) is 21.5 Å². The average molecular weight is 222 g/mol. The van der Waals surface area contributed by atoms with Gasteiger partial charge in [0, 0.05) is 10.9 Å². The predicted octanol–water partition coefficient (Wildman–Crippen LogP) is 2.10. The van der Waals surface area contributed by atoms with Crippen molar-refractivity contribution in [1.29, 1.82) is 10.5 Å². The van der Waals surface area contributed by atoms with Crippen LogP contribution in [0, 0.1) is 22.7 Å². The Balaban J connectivity index is 2.97. The molecule has 2 aromatic carbocycles. The number of phenolic OH excluding ortho intramolecular Hbond substituents is 1. The monoisotopic (exact) mass is 222 g/mol. The van der Waals surface area contributed by atoms with Crippen molar-refractivity contribution in [3.63, 3.8) is 0 Å². The highest BCUT2D eigenvalue weighted by atomic mass is 16.3. The van der Waals surface area contributed by atoms with Crippen LogP contribution in [-0.2, 0) is 0 Å². The van der Waals surface area contributed by atoms with Gasteiger partial charge in [0.15, 0.2) is 6.29 Å². The van der Waals surface area contributed by atoms with E-state index < -0.39 is 0 Å². The van der Waals surface area contributed by atoms with Crippen molar-refractivity contribution in [3.8, 4) is 17.9 Å². The molecule has 0 aromatic heterocycles. The van der Waals surface area contributed by atoms with E-state index in [1.54, 1.807) is 12.1 Å². The lowest BCUT2D eigenvalue weighted by molar-refractivity contribution is 0.112. The second-order valence-electron chi connectivity index (χ2n) is 3.46. The number of carbonyl (C=O) groups excluding carboxylic acids is 1. The van der Waals surface area contributed by atoms with Crippen LogP contribution in [0.15, 0.2) is 24.3 Å². The number of hydrogen-bond acceptors (Lipinski definition) is 4. The molecule has 80 valence electrons. The number of phenols is 1. The van der Waals surface area contributed by atoms with Crippen molar-refractivity contribution >= 4 is 17.1 Å². The summed E-state index contributed by atoms with van der Waals surface area (Å²) in [5.41, 5.74) is 0.702. The molecule has 0 amide bonds. The molecule has 4 heteroatoms. The van der Waals surface area contributed by atoms with Crippen LogP contribution < -0.4 is 0 Å². The molecule has 0 bridgehead atoms. The van der Waals surface area contributed by atoms with Crippen LogP contribution in [0.4, 0.5) is 0 Å². The van der Waals surface area contributed by atoms with Gasteiger partial charge in [0.25, 0.3) is 0 Å². The van der Waals surface area contributed by atoms with Crippen molar-refractivity contribution in [3.05, 3.63) is 41.0 Å². The fourth-order valence-corrected chi connectivity index (χ4v) is 1.69. The number of aromatic hydroxyl groups is 1. The molecule has 4 nitrogen and oxygen atoms in total. The number of aldehydes is 1. The third-order valence-corrected chi connectivity index (χ3v) is 2.52. The van der Waals surface area contributed by atoms with E-state index in [4.69, 9.17) is 10.5 Å². The van der Waals surface area contributed by atoms with Crippen molar-refractivity contribution in [1.82, 2.24) is 0 Å². The van der Waals surface area contributed by atoms with Crippen molar-refractivity contribution in [2.24, 2.45) is 0 Å². The fourth-order valence-electron chi connectivity index (χ4n) is 1.69. The number of carbonyl (C=O) groups is 1. The smallest absolute Gasteiger partial charge is 0.150 e. The molecule has 0 unspecified atom stereocenters. The number of nitriles is 2. The van der Waals surface area contributed by atoms with Crippen molar-refractivity contribution in [2.75, 3.05) is 0 Å². The molecule has 1 N–H and O–H groups in total. The van der Waals surface area contributed by atoms with Crippen LogP contribution in [-0.4, -0.2) is 11.4 Å². The van der Waals surface area contributed by atoms with Gasteiger partial charge in [-0.25, -0.2) is 0 Å². The standard InChI is InChI=1S/C13H6N2O2/c14-5-8-1-2-11-10(7-16)4-9(6-15)13(17)12(11)3-8/h1-4,7,17H. The summed E-state index contributed by atoms with van der Waals surface area (Å²) in [6.45, 7) is 0. The molecule has 2 aromatic rings. The van der Waals surface area contributed by atoms with Gasteiger partial charge in [-0.3, -0.25) is 4.79 Å². The Labute approximate surface area is 96.9 Å². The van der Waals surface area contributed by atoms with Gasteiger partial charge in [0.05, 0.1) is 17.2 Å². The Morgan fingerprint density at radius 1 is 1.12 bits per heavy atom. The number of rotatable bonds is 1. The van der Waals surface area contributed by atoms with Crippen LogP contribution in [0.5, 0.6) is 5.75 Å². The van der Waals surface area contributed by atoms with E-state index in [0.717, 1.165) is 0 Å². The Hall–Kier alpha value is -2.85. The second-order valence-corrected chi connectivity index (χ2v) is 3.46. The van der Waals surface area contributed by atoms with Gasteiger partial charge < -0.3 is 5.11 Å². The molecule has 0 saturated carbocycles. The molecular formula is C13H6N2O2. The summed E-state index contributed by atoms with van der Waals surface area (Å²) < 4.78 is 0. The molecule has 0 saturated heterocycles. The molecule has 0 fully saturated rings. The lowest BCUT2D eigenvalue weighted by Crippen LogP contribution is -1.89. The van der Waals surface area contributed by atoms with Crippen molar-refractivity contribution < 1.29 is 9.90 Å². The van der Waals surface area contributed by atoms with Crippen LogP contribution >= 0.6 is 0 Å². The number of fused-ring (bicyclic) bond motifs is 1. The number of nitrogens with zero attached hydrogens (tertiary/aromatic N) is 2. The number of benzene rings is 2. The van der Waals surface area contributed by atoms with Gasteiger partial charge in [-0.15, -0.1) is 0 Å². The van der Waals surface area contributed by atoms with E-state index in [0.29, 0.717) is 28.2 Å². The maximum Gasteiger partial charge on any atom is 0.150 e. The molecule has 17 heavy (non-hydrogen) atoms. The zero-order chi connectivity index (χ0) is 12.4. The lowest BCUT2D eigenvalue weighted by atomic mass is 9.99. The third-order valence-electron chi connectivity index (χ3n) is 2.52. The first kappa shape index (κ1) is 10.7. The molecule has 0 aliphatic rings. The predicted molar refractivity (Wildman–Crippen MR) is 60.4 cm³/mol. The Morgan fingerprint density at radius 2 is 1.88 bits per heavy atom. The van der Waals surface area contributed by atoms with Gasteiger partial charge in [-0.2, -0.15) is 10.5 Å². The summed E-state index contributed by atoms with van der Waals surface area (Å²) >= 11 is 0. The van der Waals surface area contributed by atoms with Gasteiger partial charge >= 0.3 is 0 Å². The van der Waals surface area contributed by atoms with E-state index in [1.807, 2.05) is 12.1 Å². The average Bonchev–Trinajstić information content (AvgIpc) is 2.39. The molecule has 2 rings (SSSR count). The van der Waals surface area contributed by atoms with Crippen molar-refractivity contribution in [2.45, 2.75) is 0 Å². The van der Waals surface area contributed by atoms with E-state index in [-0.39, 0.29) is 11.3 Å². The van der Waals surface area contributed by atoms with Crippen LogP contribution in [0.2, 0.25) is 0 Å². The molecule has 0 aliphatic carbocycles. The minimum Gasteiger partial charge on any atom is -0.506 e. The molecule has 0 aliphatic heterocycles. The third kappa shape index (κ3) is 1.58. The first-order valence-corrected chi connectivity index (χ1v) is 4.76. The van der Waals surface area contributed by atoms with E-state index >= 15 is 0 Å². The zero-order valence-electron chi connectivity index (χ0n) is 8.64. The summed E-state index contributed by atoms with van der Waals surface area (Å²) in [7, 11) is 0. The molecule has 0 heterocycles. The summed E-state index contributed by atoms with van der Waals surface area (Å²) in [6, 6.07) is 9.67. The van der Waals surface area contributed by atoms with Gasteiger partial charge in [-0.1, -0.05) is 6.07 Å². The highest BCUT2D eigenvalue weighted by Gasteiger charge is 2.11. The van der Waals surface area contributed by atoms with Crippen LogP contribution in [0.25, 0.3) is 10.8 Å². The Kier molecular flexibility index (Phi) is 2.48. The van der Waals surface area contributed by atoms with E-state index in [2.05, 4.69) is 0 Å². The van der Waals surface area contributed by atoms with Gasteiger partial charge in [0.1, 0.15) is 11.8 Å². The first-order chi connectivity index (χ1) is 8.21. The maximum absolute atomic E-state index is 10.9. The minimum atomic E-state index is -0.204. The summed E-state index contributed by atoms with van der Waals surface area (Å²) in [6.07, 6.45) is 0.620.